The molecule has 0 saturated carbocycles. The van der Waals surface area contributed by atoms with Crippen LogP contribution in [0.3, 0.4) is 0 Å². The lowest BCUT2D eigenvalue weighted by Crippen LogP contribution is -2.54. The van der Waals surface area contributed by atoms with Crippen molar-refractivity contribution < 1.29 is 14.7 Å². The predicted molar refractivity (Wildman–Crippen MR) is 96.5 cm³/mol. The Balaban J connectivity index is 2.23. The second-order valence-electron chi connectivity index (χ2n) is 7.16. The van der Waals surface area contributed by atoms with Crippen molar-refractivity contribution in [2.24, 2.45) is 11.3 Å². The van der Waals surface area contributed by atoms with Gasteiger partial charge >= 0.3 is 5.97 Å². The number of carboxylic acids is 1. The van der Waals surface area contributed by atoms with E-state index in [2.05, 4.69) is 12.2 Å². The Morgan fingerprint density at radius 3 is 2.78 bits per heavy atom. The van der Waals surface area contributed by atoms with Crippen molar-refractivity contribution in [3.63, 3.8) is 0 Å². The van der Waals surface area contributed by atoms with E-state index in [4.69, 9.17) is 12.2 Å². The van der Waals surface area contributed by atoms with Gasteiger partial charge in [0.2, 0.25) is 5.91 Å². The highest BCUT2D eigenvalue weighted by Crippen LogP contribution is 2.46. The molecule has 2 heterocycles. The van der Waals surface area contributed by atoms with Crippen LogP contribution >= 0.6 is 24.0 Å². The lowest BCUT2D eigenvalue weighted by Gasteiger charge is -2.32. The number of thioether (sulfide) groups is 1. The highest BCUT2D eigenvalue weighted by Gasteiger charge is 2.54. The fourth-order valence-electron chi connectivity index (χ4n) is 3.32. The summed E-state index contributed by atoms with van der Waals surface area (Å²) in [5.74, 6) is 0.00542. The third-order valence-corrected chi connectivity index (χ3v) is 6.68. The Kier molecular flexibility index (Phi) is 5.61. The highest BCUT2D eigenvalue weighted by molar-refractivity contribution is 7.99. The molecular formula is C16H26N2O3S2. The van der Waals surface area contributed by atoms with Crippen molar-refractivity contribution in [3.8, 4) is 0 Å². The molecule has 2 fully saturated rings. The maximum atomic E-state index is 13.0. The molecule has 0 aromatic rings. The highest BCUT2D eigenvalue weighted by atomic mass is 32.2. The molecule has 2 aliphatic rings. The Morgan fingerprint density at radius 1 is 1.57 bits per heavy atom. The Bertz CT molecular complexity index is 510. The van der Waals surface area contributed by atoms with Gasteiger partial charge in [-0.15, -0.1) is 11.8 Å². The molecule has 0 bridgehead atoms. The fourth-order valence-corrected chi connectivity index (χ4v) is 5.21. The summed E-state index contributed by atoms with van der Waals surface area (Å²) < 4.78 is 0. The van der Waals surface area contributed by atoms with Crippen LogP contribution in [-0.2, 0) is 9.59 Å². The molecule has 7 heteroatoms. The Hall–Kier alpha value is -0.820. The standard InChI is InChI=1S/C16H26N2O3S2/c1-5-9(2)13(22)17-10-6-7-23-11-8-16(3,4)12(15(20)21)18(11)14(10)19/h9-12H,5-8H2,1-4H3,(H,17,22)(H,20,21)/t9-,10+,11+,12-/m1/s1. The van der Waals surface area contributed by atoms with Gasteiger partial charge in [0.25, 0.3) is 0 Å². The molecule has 2 N–H and O–H groups in total. The number of fused-ring (bicyclic) bond motifs is 1. The average molecular weight is 359 g/mol. The molecule has 4 atom stereocenters. The fraction of sp³-hybridized carbons (Fsp3) is 0.812. The number of nitrogens with one attached hydrogen (secondary N) is 1. The van der Waals surface area contributed by atoms with E-state index in [1.165, 1.54) is 0 Å². The van der Waals surface area contributed by atoms with Crippen LogP contribution in [0, 0.1) is 11.3 Å². The number of rotatable bonds is 4. The largest absolute Gasteiger partial charge is 0.480 e. The zero-order valence-electron chi connectivity index (χ0n) is 14.2. The van der Waals surface area contributed by atoms with Crippen LogP contribution in [0.25, 0.3) is 0 Å². The summed E-state index contributed by atoms with van der Waals surface area (Å²) in [5.41, 5.74) is -0.418. The number of thiocarbonyl (C=S) groups is 1. The molecule has 5 nitrogen and oxygen atoms in total. The molecule has 0 unspecified atom stereocenters. The molecule has 2 aliphatic heterocycles. The van der Waals surface area contributed by atoms with Crippen molar-refractivity contribution in [2.75, 3.05) is 5.75 Å². The first-order valence-corrected chi connectivity index (χ1v) is 9.61. The van der Waals surface area contributed by atoms with Gasteiger partial charge in [-0.3, -0.25) is 4.79 Å². The van der Waals surface area contributed by atoms with Gasteiger partial charge in [0.05, 0.1) is 10.4 Å². The van der Waals surface area contributed by atoms with Gasteiger partial charge in [0, 0.05) is 5.92 Å². The van der Waals surface area contributed by atoms with Crippen LogP contribution in [0.4, 0.5) is 0 Å². The molecule has 1 amide bonds. The third kappa shape index (κ3) is 3.65. The summed E-state index contributed by atoms with van der Waals surface area (Å²) in [6.45, 7) is 7.96. The summed E-state index contributed by atoms with van der Waals surface area (Å²) in [5, 5.41) is 12.8. The van der Waals surface area contributed by atoms with Crippen LogP contribution < -0.4 is 5.32 Å². The summed E-state index contributed by atoms with van der Waals surface area (Å²) in [7, 11) is 0. The quantitative estimate of drug-likeness (QED) is 0.753. The monoisotopic (exact) mass is 358 g/mol. The van der Waals surface area contributed by atoms with Crippen LogP contribution in [-0.4, -0.2) is 50.1 Å². The minimum absolute atomic E-state index is 0.0532. The first kappa shape index (κ1) is 18.5. The van der Waals surface area contributed by atoms with E-state index in [1.807, 2.05) is 20.8 Å². The number of hydrogen-bond donors (Lipinski definition) is 2. The van der Waals surface area contributed by atoms with E-state index in [9.17, 15) is 14.7 Å². The second-order valence-corrected chi connectivity index (χ2v) is 8.89. The number of carbonyl (C=O) groups excluding carboxylic acids is 1. The van der Waals surface area contributed by atoms with E-state index in [0.717, 1.165) is 12.2 Å². The summed E-state index contributed by atoms with van der Waals surface area (Å²) in [6.07, 6.45) is 2.31. The SMILES string of the molecule is CC[C@@H](C)C(=S)N[C@H]1CCS[C@H]2CC(C)(C)[C@@H](C(=O)O)N2C1=O. The maximum absolute atomic E-state index is 13.0. The van der Waals surface area contributed by atoms with Crippen molar-refractivity contribution in [2.45, 2.75) is 64.4 Å². The third-order valence-electron chi connectivity index (χ3n) is 4.91. The first-order chi connectivity index (χ1) is 10.7. The molecule has 0 aromatic heterocycles. The molecule has 2 rings (SSSR count). The van der Waals surface area contributed by atoms with E-state index in [-0.39, 0.29) is 17.2 Å². The van der Waals surface area contributed by atoms with Crippen LogP contribution in [0.5, 0.6) is 0 Å². The molecule has 0 aromatic carbocycles. The number of hydrogen-bond acceptors (Lipinski definition) is 4. The van der Waals surface area contributed by atoms with E-state index >= 15 is 0 Å². The number of carbonyl (C=O) groups is 2. The lowest BCUT2D eigenvalue weighted by atomic mass is 9.84. The number of carboxylic acid groups (broad SMARTS) is 1. The van der Waals surface area contributed by atoms with Crippen LogP contribution in [0.15, 0.2) is 0 Å². The summed E-state index contributed by atoms with van der Waals surface area (Å²) in [4.78, 5) is 27.1. The van der Waals surface area contributed by atoms with E-state index in [1.54, 1.807) is 16.7 Å². The van der Waals surface area contributed by atoms with Gasteiger partial charge in [-0.25, -0.2) is 4.79 Å². The van der Waals surface area contributed by atoms with Crippen LogP contribution in [0.1, 0.15) is 47.0 Å². The maximum Gasteiger partial charge on any atom is 0.327 e. The van der Waals surface area contributed by atoms with Gasteiger partial charge in [-0.1, -0.05) is 39.9 Å². The minimum atomic E-state index is -0.920. The summed E-state index contributed by atoms with van der Waals surface area (Å²) >= 11 is 7.08. The molecule has 2 saturated heterocycles. The topological polar surface area (TPSA) is 69.6 Å². The van der Waals surface area contributed by atoms with Gasteiger partial charge in [-0.2, -0.15) is 0 Å². The van der Waals surface area contributed by atoms with Gasteiger partial charge < -0.3 is 15.3 Å². The summed E-state index contributed by atoms with van der Waals surface area (Å²) in [6, 6.07) is -1.18. The number of amides is 1. The normalized spacial score (nSPS) is 31.2. The zero-order valence-corrected chi connectivity index (χ0v) is 15.8. The minimum Gasteiger partial charge on any atom is -0.480 e. The smallest absolute Gasteiger partial charge is 0.327 e. The van der Waals surface area contributed by atoms with Gasteiger partial charge in [-0.05, 0) is 30.4 Å². The van der Waals surface area contributed by atoms with Crippen molar-refractivity contribution in [3.05, 3.63) is 0 Å². The van der Waals surface area contributed by atoms with E-state index < -0.39 is 23.5 Å². The Labute approximate surface area is 147 Å². The van der Waals surface area contributed by atoms with Gasteiger partial charge in [0.15, 0.2) is 0 Å². The molecule has 0 spiro atoms. The molecule has 130 valence electrons. The van der Waals surface area contributed by atoms with Gasteiger partial charge in [0.1, 0.15) is 12.1 Å². The second kappa shape index (κ2) is 6.97. The Morgan fingerprint density at radius 2 is 2.22 bits per heavy atom. The molecule has 23 heavy (non-hydrogen) atoms. The van der Waals surface area contributed by atoms with Crippen molar-refractivity contribution >= 4 is 40.8 Å². The number of nitrogens with zero attached hydrogens (tertiary/aromatic N) is 1. The number of aliphatic carboxylic acids is 1. The molecular weight excluding hydrogens is 332 g/mol. The predicted octanol–water partition coefficient (Wildman–Crippen LogP) is 2.49. The average Bonchev–Trinajstić information content (AvgIpc) is 2.66. The van der Waals surface area contributed by atoms with Crippen molar-refractivity contribution in [1.29, 1.82) is 0 Å². The van der Waals surface area contributed by atoms with Crippen molar-refractivity contribution in [1.82, 2.24) is 10.2 Å². The van der Waals surface area contributed by atoms with E-state index in [0.29, 0.717) is 17.8 Å². The zero-order chi connectivity index (χ0) is 17.4. The first-order valence-electron chi connectivity index (χ1n) is 8.16. The van der Waals surface area contributed by atoms with Crippen LogP contribution in [0.2, 0.25) is 0 Å². The molecule has 0 aliphatic carbocycles. The lowest BCUT2D eigenvalue weighted by molar-refractivity contribution is -0.152. The molecule has 0 radical (unpaired) electrons.